The molecule has 1 heterocycles. The SMILES string of the molecule is O=C(Nc1cc(Oc2cccc(C(F)(F)F)c2)cc([N+](=O)[O-])c1)c1ccc(COc2ccc(F)cc2)o1. The monoisotopic (exact) mass is 516 g/mol. The molecule has 0 fully saturated rings. The molecule has 0 saturated heterocycles. The second-order valence-corrected chi connectivity index (χ2v) is 7.56. The number of benzene rings is 3. The Morgan fingerprint density at radius 2 is 1.70 bits per heavy atom. The molecule has 12 heteroatoms. The van der Waals surface area contributed by atoms with E-state index in [-0.39, 0.29) is 35.3 Å². The minimum Gasteiger partial charge on any atom is -0.486 e. The van der Waals surface area contributed by atoms with Gasteiger partial charge in [-0.15, -0.1) is 0 Å². The van der Waals surface area contributed by atoms with Crippen molar-refractivity contribution >= 4 is 17.3 Å². The lowest BCUT2D eigenvalue weighted by molar-refractivity contribution is -0.384. The maximum atomic E-state index is 13.0. The average Bonchev–Trinajstić information content (AvgIpc) is 3.32. The van der Waals surface area contributed by atoms with Gasteiger partial charge >= 0.3 is 6.18 Å². The van der Waals surface area contributed by atoms with Crippen LogP contribution in [0.3, 0.4) is 0 Å². The van der Waals surface area contributed by atoms with Crippen LogP contribution in [0.2, 0.25) is 0 Å². The molecule has 0 spiro atoms. The number of halogens is 4. The molecule has 190 valence electrons. The molecule has 0 atom stereocenters. The smallest absolute Gasteiger partial charge is 0.416 e. The number of nitrogens with one attached hydrogen (secondary N) is 1. The number of alkyl halides is 3. The highest BCUT2D eigenvalue weighted by molar-refractivity contribution is 6.02. The van der Waals surface area contributed by atoms with Crippen molar-refractivity contribution in [2.45, 2.75) is 12.8 Å². The van der Waals surface area contributed by atoms with Gasteiger partial charge in [-0.2, -0.15) is 13.2 Å². The summed E-state index contributed by atoms with van der Waals surface area (Å²) in [5.41, 5.74) is -1.48. The number of nitrogens with zero attached hydrogens (tertiary/aromatic N) is 1. The second kappa shape index (κ2) is 10.4. The fourth-order valence-corrected chi connectivity index (χ4v) is 3.15. The van der Waals surface area contributed by atoms with E-state index in [1.807, 2.05) is 0 Å². The average molecular weight is 516 g/mol. The molecule has 0 saturated carbocycles. The number of nitro groups is 1. The summed E-state index contributed by atoms with van der Waals surface area (Å²) in [4.78, 5) is 23.2. The summed E-state index contributed by atoms with van der Waals surface area (Å²) in [7, 11) is 0. The van der Waals surface area contributed by atoms with E-state index in [1.165, 1.54) is 48.5 Å². The molecule has 0 aliphatic carbocycles. The van der Waals surface area contributed by atoms with Gasteiger partial charge in [0.05, 0.1) is 22.2 Å². The predicted octanol–water partition coefficient (Wildman–Crippen LogP) is 6.97. The van der Waals surface area contributed by atoms with Gasteiger partial charge in [0.1, 0.15) is 35.4 Å². The van der Waals surface area contributed by atoms with Crippen molar-refractivity contribution in [1.82, 2.24) is 0 Å². The zero-order chi connectivity index (χ0) is 26.6. The van der Waals surface area contributed by atoms with E-state index in [2.05, 4.69) is 5.32 Å². The van der Waals surface area contributed by atoms with E-state index in [1.54, 1.807) is 0 Å². The molecule has 0 radical (unpaired) electrons. The number of hydrogen-bond acceptors (Lipinski definition) is 6. The summed E-state index contributed by atoms with van der Waals surface area (Å²) < 4.78 is 68.2. The number of ether oxygens (including phenoxy) is 2. The number of rotatable bonds is 8. The van der Waals surface area contributed by atoms with Crippen LogP contribution in [0.1, 0.15) is 21.9 Å². The maximum absolute atomic E-state index is 13.0. The van der Waals surface area contributed by atoms with Crippen LogP contribution in [0.4, 0.5) is 28.9 Å². The molecular weight excluding hydrogens is 500 g/mol. The lowest BCUT2D eigenvalue weighted by atomic mass is 10.2. The predicted molar refractivity (Wildman–Crippen MR) is 122 cm³/mol. The van der Waals surface area contributed by atoms with Gasteiger partial charge in [-0.05, 0) is 54.6 Å². The molecule has 4 rings (SSSR count). The molecule has 1 aromatic heterocycles. The fraction of sp³-hybridized carbons (Fsp3) is 0.0800. The van der Waals surface area contributed by atoms with Gasteiger partial charge in [-0.25, -0.2) is 4.39 Å². The first-order valence-electron chi connectivity index (χ1n) is 10.5. The highest BCUT2D eigenvalue weighted by Crippen LogP contribution is 2.34. The van der Waals surface area contributed by atoms with Crippen molar-refractivity contribution in [3.63, 3.8) is 0 Å². The number of anilines is 1. The highest BCUT2D eigenvalue weighted by atomic mass is 19.4. The third kappa shape index (κ3) is 6.63. The number of hydrogen-bond donors (Lipinski definition) is 1. The second-order valence-electron chi connectivity index (χ2n) is 7.56. The van der Waals surface area contributed by atoms with Gasteiger partial charge in [-0.1, -0.05) is 6.07 Å². The van der Waals surface area contributed by atoms with E-state index >= 15 is 0 Å². The van der Waals surface area contributed by atoms with Crippen molar-refractivity contribution in [2.24, 2.45) is 0 Å². The zero-order valence-electron chi connectivity index (χ0n) is 18.6. The highest BCUT2D eigenvalue weighted by Gasteiger charge is 2.30. The molecule has 8 nitrogen and oxygen atoms in total. The fourth-order valence-electron chi connectivity index (χ4n) is 3.15. The van der Waals surface area contributed by atoms with Gasteiger partial charge in [0, 0.05) is 12.1 Å². The molecule has 1 amide bonds. The summed E-state index contributed by atoms with van der Waals surface area (Å²) in [5, 5.41) is 13.8. The number of furan rings is 1. The van der Waals surface area contributed by atoms with Crippen molar-refractivity contribution in [3.8, 4) is 17.2 Å². The summed E-state index contributed by atoms with van der Waals surface area (Å²) in [6.07, 6.45) is -4.60. The number of nitro benzene ring substituents is 1. The quantitative estimate of drug-likeness (QED) is 0.154. The molecule has 4 aromatic rings. The van der Waals surface area contributed by atoms with E-state index in [4.69, 9.17) is 13.9 Å². The molecular formula is C25H16F4N2O6. The lowest BCUT2D eigenvalue weighted by Crippen LogP contribution is -2.11. The number of amides is 1. The lowest BCUT2D eigenvalue weighted by Gasteiger charge is -2.11. The van der Waals surface area contributed by atoms with Crippen molar-refractivity contribution in [2.75, 3.05) is 5.32 Å². The molecule has 37 heavy (non-hydrogen) atoms. The van der Waals surface area contributed by atoms with E-state index < -0.39 is 34.1 Å². The minimum absolute atomic E-state index is 0.0509. The van der Waals surface area contributed by atoms with E-state index in [9.17, 15) is 32.5 Å². The van der Waals surface area contributed by atoms with Crippen LogP contribution in [0.15, 0.2) is 83.3 Å². The number of carbonyl (C=O) groups excluding carboxylic acids is 1. The van der Waals surface area contributed by atoms with Crippen LogP contribution in [0.25, 0.3) is 0 Å². The van der Waals surface area contributed by atoms with E-state index in [0.29, 0.717) is 5.75 Å². The standard InChI is InChI=1S/C25H16F4N2O6/c26-16-4-6-19(7-5-16)35-14-21-8-9-23(37-21)24(32)30-17-11-18(31(33)34)13-22(12-17)36-20-3-1-2-15(10-20)25(27,28)29/h1-13H,14H2,(H,30,32). The topological polar surface area (TPSA) is 104 Å². The third-order valence-electron chi connectivity index (χ3n) is 4.84. The first-order chi connectivity index (χ1) is 17.6. The van der Waals surface area contributed by atoms with Crippen molar-refractivity contribution in [3.05, 3.63) is 112 Å². The molecule has 0 aliphatic rings. The van der Waals surface area contributed by atoms with Crippen molar-refractivity contribution in [1.29, 1.82) is 0 Å². The van der Waals surface area contributed by atoms with Crippen molar-refractivity contribution < 1.29 is 41.2 Å². The summed E-state index contributed by atoms with van der Waals surface area (Å²) in [5.74, 6) is -1.02. The van der Waals surface area contributed by atoms with Gasteiger partial charge in [0.25, 0.3) is 11.6 Å². The van der Waals surface area contributed by atoms with Crippen LogP contribution in [-0.2, 0) is 12.8 Å². The molecule has 0 unspecified atom stereocenters. The maximum Gasteiger partial charge on any atom is 0.416 e. The number of carbonyl (C=O) groups is 1. The van der Waals surface area contributed by atoms with E-state index in [0.717, 1.165) is 30.3 Å². The first-order valence-corrected chi connectivity index (χ1v) is 10.5. The van der Waals surface area contributed by atoms with Crippen LogP contribution in [0.5, 0.6) is 17.2 Å². The Labute approximate surface area is 206 Å². The summed E-state index contributed by atoms with van der Waals surface area (Å²) in [6.45, 7) is -0.0509. The van der Waals surface area contributed by atoms with Gasteiger partial charge in [0.15, 0.2) is 5.76 Å². The molecule has 1 N–H and O–H groups in total. The Morgan fingerprint density at radius 3 is 2.41 bits per heavy atom. The Balaban J connectivity index is 1.47. The van der Waals surface area contributed by atoms with Crippen LogP contribution >= 0.6 is 0 Å². The Kier molecular flexibility index (Phi) is 7.09. The first kappa shape index (κ1) is 25.2. The van der Waals surface area contributed by atoms with Crippen LogP contribution in [-0.4, -0.2) is 10.8 Å². The Hall–Kier alpha value is -4.87. The molecule has 0 aliphatic heterocycles. The Bertz CT molecular complexity index is 1430. The largest absolute Gasteiger partial charge is 0.486 e. The summed E-state index contributed by atoms with van der Waals surface area (Å²) in [6, 6.07) is 15.4. The summed E-state index contributed by atoms with van der Waals surface area (Å²) >= 11 is 0. The molecule has 0 bridgehead atoms. The Morgan fingerprint density at radius 1 is 0.946 bits per heavy atom. The van der Waals surface area contributed by atoms with Gasteiger partial charge in [0.2, 0.25) is 0 Å². The van der Waals surface area contributed by atoms with Gasteiger partial charge in [-0.3, -0.25) is 14.9 Å². The van der Waals surface area contributed by atoms with Gasteiger partial charge < -0.3 is 19.2 Å². The number of non-ortho nitro benzene ring substituents is 1. The third-order valence-corrected chi connectivity index (χ3v) is 4.84. The van der Waals surface area contributed by atoms with Crippen LogP contribution in [0, 0.1) is 15.9 Å². The zero-order valence-corrected chi connectivity index (χ0v) is 18.6. The normalized spacial score (nSPS) is 11.1. The minimum atomic E-state index is -4.60. The molecule has 3 aromatic carbocycles. The van der Waals surface area contributed by atoms with Crippen LogP contribution < -0.4 is 14.8 Å².